The molecule has 15 rings (SSSR count). The third-order valence-corrected chi connectivity index (χ3v) is 17.4. The summed E-state index contributed by atoms with van der Waals surface area (Å²) in [5, 5.41) is 4.72. The van der Waals surface area contributed by atoms with Gasteiger partial charge in [0.15, 0.2) is 0 Å². The second kappa shape index (κ2) is 18.9. The highest BCUT2D eigenvalue weighted by atomic mass is 16.5. The fraction of sp³-hybridized carbons (Fsp3) is 0.154. The molecule has 14 aromatic rings. The summed E-state index contributed by atoms with van der Waals surface area (Å²) in [6.07, 6.45) is 6.01. The molecule has 408 valence electrons. The van der Waals surface area contributed by atoms with Gasteiger partial charge >= 0.3 is 0 Å². The average Bonchev–Trinajstić information content (AvgIpc) is 2.08. The molecule has 0 saturated heterocycles. The Bertz CT molecular complexity index is 4920. The zero-order valence-corrected chi connectivity index (χ0v) is 49.1. The molecule has 1 aliphatic heterocycles. The van der Waals surface area contributed by atoms with Crippen molar-refractivity contribution in [3.63, 3.8) is 0 Å². The van der Waals surface area contributed by atoms with Crippen LogP contribution in [0.25, 0.3) is 122 Å². The van der Waals surface area contributed by atoms with E-state index in [9.17, 15) is 0 Å². The lowest BCUT2D eigenvalue weighted by Gasteiger charge is -2.26. The Kier molecular flexibility index (Phi) is 11.5. The number of ether oxygens (including phenoxy) is 1. The minimum atomic E-state index is -0.0447. The normalized spacial score (nSPS) is 12.6. The Morgan fingerprint density at radius 3 is 1.61 bits per heavy atom. The van der Waals surface area contributed by atoms with Gasteiger partial charge in [0.25, 0.3) is 6.33 Å². The Morgan fingerprint density at radius 2 is 0.929 bits per heavy atom. The van der Waals surface area contributed by atoms with E-state index in [0.29, 0.717) is 5.75 Å². The molecule has 10 aromatic carbocycles. The van der Waals surface area contributed by atoms with E-state index in [2.05, 4.69) is 305 Å². The molecule has 5 heterocycles. The molecule has 0 unspecified atom stereocenters. The molecule has 0 aliphatic carbocycles. The third kappa shape index (κ3) is 8.29. The minimum absolute atomic E-state index is 0.0386. The minimum Gasteiger partial charge on any atom is -0.458 e. The van der Waals surface area contributed by atoms with Crippen LogP contribution in [0.2, 0.25) is 0 Å². The summed E-state index contributed by atoms with van der Waals surface area (Å²) < 4.78 is 16.3. The fourth-order valence-electron chi connectivity index (χ4n) is 13.0. The topological polar surface area (TPSA) is 40.8 Å². The molecule has 0 amide bonds. The number of rotatable bonds is 6. The molecule has 0 bridgehead atoms. The number of nitrogens with zero attached hydrogens (tertiary/aromatic N) is 5. The molecular weight excluding hydrogens is 1020 g/mol. The van der Waals surface area contributed by atoms with Crippen molar-refractivity contribution in [1.82, 2.24) is 18.7 Å². The van der Waals surface area contributed by atoms with Crippen LogP contribution in [0.5, 0.6) is 11.5 Å². The maximum Gasteiger partial charge on any atom is 0.269 e. The Labute approximate surface area is 491 Å². The molecule has 0 fully saturated rings. The number of pyridine rings is 1. The van der Waals surface area contributed by atoms with Crippen molar-refractivity contribution in [3.8, 4) is 78.9 Å². The highest BCUT2D eigenvalue weighted by Gasteiger charge is 2.29. The lowest BCUT2D eigenvalue weighted by molar-refractivity contribution is -0.571. The predicted molar refractivity (Wildman–Crippen MR) is 348 cm³/mol. The number of fused-ring (bicyclic) bond motifs is 13. The van der Waals surface area contributed by atoms with Gasteiger partial charge in [-0.15, -0.1) is 0 Å². The van der Waals surface area contributed by atoms with E-state index in [4.69, 9.17) is 9.72 Å². The standard InChI is InChI=1S/C78H65N5O/c1-76(2,3)51-39-40-79-73(45-51)83-69-32-17-14-27-62(69)63-38-36-56(47-72(63)83)84-55-22-18-21-54(46-55)80-48-81-74-64(28-19-33-70(74)80)58-24-11-10-23-57(58)59-37-35-49(50-41-52(77(4,5)6)44-53(42-50)78(7,8)9)43-66(59)65-29-20-34-71(75(65)81)82-67-30-15-12-25-60(67)61-26-13-16-31-68(61)82/h10-47H,1-9H3. The predicted octanol–water partition coefficient (Wildman–Crippen LogP) is 20.0. The van der Waals surface area contributed by atoms with Crippen molar-refractivity contribution in [2.24, 2.45) is 0 Å². The molecule has 84 heavy (non-hydrogen) atoms. The summed E-state index contributed by atoms with van der Waals surface area (Å²) in [5.41, 5.74) is 22.5. The average molecular weight is 1090 g/mol. The molecule has 0 saturated carbocycles. The molecule has 0 atom stereocenters. The molecule has 0 N–H and O–H groups in total. The van der Waals surface area contributed by atoms with Crippen LogP contribution in [0.15, 0.2) is 231 Å². The summed E-state index contributed by atoms with van der Waals surface area (Å²) in [4.78, 5) is 4.95. The zero-order chi connectivity index (χ0) is 57.4. The molecule has 0 spiro atoms. The van der Waals surface area contributed by atoms with E-state index < -0.39 is 0 Å². The van der Waals surface area contributed by atoms with Crippen molar-refractivity contribution in [1.29, 1.82) is 0 Å². The van der Waals surface area contributed by atoms with E-state index in [0.717, 1.165) is 89.4 Å². The van der Waals surface area contributed by atoms with Crippen molar-refractivity contribution in [2.75, 3.05) is 0 Å². The van der Waals surface area contributed by atoms with Gasteiger partial charge in [0.05, 0.1) is 50.2 Å². The molecule has 4 aromatic heterocycles. The van der Waals surface area contributed by atoms with E-state index in [1.807, 2.05) is 12.3 Å². The Balaban J connectivity index is 0.960. The first-order valence-electron chi connectivity index (χ1n) is 29.3. The summed E-state index contributed by atoms with van der Waals surface area (Å²) in [7, 11) is 0. The number of benzene rings is 10. The first-order valence-corrected chi connectivity index (χ1v) is 29.3. The van der Waals surface area contributed by atoms with Crippen LogP contribution in [0, 0.1) is 6.33 Å². The van der Waals surface area contributed by atoms with Gasteiger partial charge in [-0.3, -0.25) is 13.7 Å². The number of hydrogen-bond acceptors (Lipinski definition) is 2. The lowest BCUT2D eigenvalue weighted by Crippen LogP contribution is -2.32. The van der Waals surface area contributed by atoms with Gasteiger partial charge in [0, 0.05) is 33.8 Å². The Morgan fingerprint density at radius 1 is 0.381 bits per heavy atom. The third-order valence-electron chi connectivity index (χ3n) is 17.4. The molecule has 0 radical (unpaired) electrons. The number of imidazole rings is 1. The van der Waals surface area contributed by atoms with E-state index in [-0.39, 0.29) is 16.2 Å². The summed E-state index contributed by atoms with van der Waals surface area (Å²) in [6.45, 7) is 20.7. The first-order chi connectivity index (χ1) is 40.5. The quantitative estimate of drug-likeness (QED) is 0.123. The van der Waals surface area contributed by atoms with Crippen molar-refractivity contribution >= 4 is 54.6 Å². The van der Waals surface area contributed by atoms with E-state index in [1.165, 1.54) is 55.1 Å². The lowest BCUT2D eigenvalue weighted by atomic mass is 9.78. The van der Waals surface area contributed by atoms with Gasteiger partial charge in [-0.25, -0.2) is 4.98 Å². The highest BCUT2D eigenvalue weighted by Crippen LogP contribution is 2.48. The molecule has 6 nitrogen and oxygen atoms in total. The maximum absolute atomic E-state index is 6.97. The molecular formula is C78H65N5O. The molecule has 6 heteroatoms. The van der Waals surface area contributed by atoms with Gasteiger partial charge in [-0.05, 0) is 150 Å². The van der Waals surface area contributed by atoms with Crippen LogP contribution < -0.4 is 9.30 Å². The van der Waals surface area contributed by atoms with Gasteiger partial charge in [0.2, 0.25) is 0 Å². The number of aromatic nitrogens is 5. The van der Waals surface area contributed by atoms with Crippen LogP contribution in [-0.4, -0.2) is 18.7 Å². The second-order valence-corrected chi connectivity index (χ2v) is 25.9. The van der Waals surface area contributed by atoms with Crippen molar-refractivity contribution in [3.05, 3.63) is 254 Å². The second-order valence-electron chi connectivity index (χ2n) is 25.9. The Hall–Kier alpha value is -9.78. The van der Waals surface area contributed by atoms with Crippen LogP contribution in [-0.2, 0) is 16.2 Å². The largest absolute Gasteiger partial charge is 0.458 e. The van der Waals surface area contributed by atoms with Crippen LogP contribution in [0.3, 0.4) is 0 Å². The number of hydrogen-bond donors (Lipinski definition) is 0. The van der Waals surface area contributed by atoms with Crippen molar-refractivity contribution < 1.29 is 9.30 Å². The van der Waals surface area contributed by atoms with Gasteiger partial charge in [-0.2, -0.15) is 0 Å². The van der Waals surface area contributed by atoms with Crippen LogP contribution in [0.1, 0.15) is 79.0 Å². The summed E-state index contributed by atoms with van der Waals surface area (Å²) >= 11 is 0. The highest BCUT2D eigenvalue weighted by molar-refractivity contribution is 6.11. The molecule has 1 aliphatic rings. The summed E-state index contributed by atoms with van der Waals surface area (Å²) in [6, 6.07) is 82.3. The first kappa shape index (κ1) is 51.1. The van der Waals surface area contributed by atoms with Gasteiger partial charge in [-0.1, -0.05) is 208 Å². The van der Waals surface area contributed by atoms with Crippen molar-refractivity contribution in [2.45, 2.75) is 78.6 Å². The monoisotopic (exact) mass is 1090 g/mol. The zero-order valence-electron chi connectivity index (χ0n) is 49.1. The maximum atomic E-state index is 6.97. The summed E-state index contributed by atoms with van der Waals surface area (Å²) in [5.74, 6) is 2.32. The smallest absolute Gasteiger partial charge is 0.269 e. The number of para-hydroxylation sites is 5. The van der Waals surface area contributed by atoms with Gasteiger partial charge in [0.1, 0.15) is 17.3 Å². The van der Waals surface area contributed by atoms with Crippen LogP contribution >= 0.6 is 0 Å². The fourth-order valence-corrected chi connectivity index (χ4v) is 13.0. The SMILES string of the molecule is CC(C)(C)c1cc(-c2ccc3c(c2)-c2cccc(-n4c5ccccc5c5ccccc54)c2-[n+]2[c-]n(-c4cccc(Oc5ccc6c7ccccc7n(-c7cc(C(C)(C)C)ccn7)c6c5)c4)c4cccc(c42)-c2ccccc2-3)cc(C(C)(C)C)c1. The van der Waals surface area contributed by atoms with E-state index in [1.54, 1.807) is 0 Å². The van der Waals surface area contributed by atoms with Gasteiger partial charge < -0.3 is 9.30 Å². The van der Waals surface area contributed by atoms with E-state index >= 15 is 0 Å². The van der Waals surface area contributed by atoms with Crippen LogP contribution in [0.4, 0.5) is 0 Å².